The molecule has 1 aromatic carbocycles. The molecule has 0 saturated heterocycles. The number of hydrogen-bond donors (Lipinski definition) is 1. The molecule has 1 rings (SSSR count). The molecular formula is C12H15F3O3. The largest absolute Gasteiger partial charge is 0.573 e. The van der Waals surface area contributed by atoms with Gasteiger partial charge in [-0.3, -0.25) is 0 Å². The fraction of sp³-hybridized carbons (Fsp3) is 0.500. The molecule has 0 aromatic heterocycles. The van der Waals surface area contributed by atoms with Crippen molar-refractivity contribution in [3.63, 3.8) is 0 Å². The maximum absolute atomic E-state index is 11.9. The van der Waals surface area contributed by atoms with E-state index in [1.54, 1.807) is 0 Å². The van der Waals surface area contributed by atoms with Crippen molar-refractivity contribution in [2.75, 3.05) is 13.2 Å². The fourth-order valence-corrected chi connectivity index (χ4v) is 1.41. The summed E-state index contributed by atoms with van der Waals surface area (Å²) >= 11 is 0. The van der Waals surface area contributed by atoms with E-state index in [0.717, 1.165) is 5.56 Å². The second-order valence-corrected chi connectivity index (χ2v) is 3.71. The van der Waals surface area contributed by atoms with Gasteiger partial charge in [0.2, 0.25) is 0 Å². The van der Waals surface area contributed by atoms with E-state index in [1.165, 1.54) is 24.3 Å². The second kappa shape index (κ2) is 6.61. The zero-order valence-electron chi connectivity index (χ0n) is 9.91. The number of benzene rings is 1. The molecule has 3 nitrogen and oxygen atoms in total. The summed E-state index contributed by atoms with van der Waals surface area (Å²) in [5, 5.41) is 9.55. The molecule has 0 aliphatic rings. The monoisotopic (exact) mass is 264 g/mol. The minimum absolute atomic E-state index is 0.206. The highest BCUT2D eigenvalue weighted by Gasteiger charge is 2.30. The van der Waals surface area contributed by atoms with Crippen LogP contribution in [0, 0.1) is 0 Å². The van der Waals surface area contributed by atoms with Crippen LogP contribution in [-0.2, 0) is 11.2 Å². The van der Waals surface area contributed by atoms with Gasteiger partial charge in [-0.15, -0.1) is 13.2 Å². The zero-order chi connectivity index (χ0) is 13.6. The van der Waals surface area contributed by atoms with Gasteiger partial charge < -0.3 is 14.6 Å². The Morgan fingerprint density at radius 3 is 2.33 bits per heavy atom. The fourth-order valence-electron chi connectivity index (χ4n) is 1.41. The SMILES string of the molecule is CCOCC(O)Cc1ccc(OC(F)(F)F)cc1. The van der Waals surface area contributed by atoms with Gasteiger partial charge in [0.25, 0.3) is 0 Å². The Morgan fingerprint density at radius 1 is 1.22 bits per heavy atom. The average molecular weight is 264 g/mol. The molecule has 0 heterocycles. The Labute approximate surface area is 103 Å². The summed E-state index contributed by atoms with van der Waals surface area (Å²) in [5.41, 5.74) is 0.719. The Balaban J connectivity index is 2.50. The molecule has 1 unspecified atom stereocenters. The first-order valence-electron chi connectivity index (χ1n) is 5.51. The van der Waals surface area contributed by atoms with Gasteiger partial charge in [0, 0.05) is 13.0 Å². The van der Waals surface area contributed by atoms with E-state index in [-0.39, 0.29) is 12.4 Å². The van der Waals surface area contributed by atoms with Crippen LogP contribution in [0.25, 0.3) is 0 Å². The summed E-state index contributed by atoms with van der Waals surface area (Å²) < 4.78 is 44.5. The maximum Gasteiger partial charge on any atom is 0.573 e. The highest BCUT2D eigenvalue weighted by Crippen LogP contribution is 2.22. The quantitative estimate of drug-likeness (QED) is 0.858. The summed E-state index contributed by atoms with van der Waals surface area (Å²) in [6.07, 6.45) is -5.03. The van der Waals surface area contributed by atoms with E-state index in [2.05, 4.69) is 4.74 Å². The van der Waals surface area contributed by atoms with Crippen LogP contribution in [0.3, 0.4) is 0 Å². The van der Waals surface area contributed by atoms with Gasteiger partial charge in [-0.05, 0) is 24.6 Å². The molecule has 6 heteroatoms. The highest BCUT2D eigenvalue weighted by molar-refractivity contribution is 5.27. The van der Waals surface area contributed by atoms with Gasteiger partial charge in [-0.1, -0.05) is 12.1 Å². The summed E-state index contributed by atoms with van der Waals surface area (Å²) in [5.74, 6) is -0.273. The van der Waals surface area contributed by atoms with Gasteiger partial charge in [0.15, 0.2) is 0 Å². The Hall–Kier alpha value is -1.27. The zero-order valence-corrected chi connectivity index (χ0v) is 9.91. The first-order valence-corrected chi connectivity index (χ1v) is 5.51. The molecule has 0 amide bonds. The third-order valence-electron chi connectivity index (χ3n) is 2.14. The maximum atomic E-state index is 11.9. The van der Waals surface area contributed by atoms with Gasteiger partial charge in [-0.2, -0.15) is 0 Å². The van der Waals surface area contributed by atoms with E-state index >= 15 is 0 Å². The first kappa shape index (κ1) is 14.8. The van der Waals surface area contributed by atoms with Crippen LogP contribution < -0.4 is 4.74 Å². The summed E-state index contributed by atoms with van der Waals surface area (Å²) in [7, 11) is 0. The number of alkyl halides is 3. The molecular weight excluding hydrogens is 249 g/mol. The van der Waals surface area contributed by atoms with Crippen LogP contribution in [0.2, 0.25) is 0 Å². The number of ether oxygens (including phenoxy) is 2. The molecule has 1 aromatic rings. The molecule has 102 valence electrons. The van der Waals surface area contributed by atoms with Crippen LogP contribution >= 0.6 is 0 Å². The molecule has 1 N–H and O–H groups in total. The minimum Gasteiger partial charge on any atom is -0.406 e. The van der Waals surface area contributed by atoms with Gasteiger partial charge in [0.05, 0.1) is 12.7 Å². The van der Waals surface area contributed by atoms with Crippen molar-refractivity contribution in [1.82, 2.24) is 0 Å². The Morgan fingerprint density at radius 2 is 1.83 bits per heavy atom. The number of aliphatic hydroxyl groups excluding tert-OH is 1. The molecule has 0 saturated carbocycles. The summed E-state index contributed by atoms with van der Waals surface area (Å²) in [6, 6.07) is 5.40. The molecule has 0 radical (unpaired) electrons. The third kappa shape index (κ3) is 5.88. The standard InChI is InChI=1S/C12H15F3O3/c1-2-17-8-10(16)7-9-3-5-11(6-4-9)18-12(13,14)15/h3-6,10,16H,2,7-8H2,1H3. The normalized spacial score (nSPS) is 13.4. The van der Waals surface area contributed by atoms with Gasteiger partial charge in [-0.25, -0.2) is 0 Å². The Bertz CT molecular complexity index is 349. The predicted octanol–water partition coefficient (Wildman–Crippen LogP) is 2.53. The topological polar surface area (TPSA) is 38.7 Å². The molecule has 18 heavy (non-hydrogen) atoms. The van der Waals surface area contributed by atoms with E-state index in [1.807, 2.05) is 6.92 Å². The van der Waals surface area contributed by atoms with Crippen molar-refractivity contribution in [2.24, 2.45) is 0 Å². The van der Waals surface area contributed by atoms with Gasteiger partial charge >= 0.3 is 6.36 Å². The van der Waals surface area contributed by atoms with Crippen molar-refractivity contribution < 1.29 is 27.8 Å². The van der Waals surface area contributed by atoms with Crippen molar-refractivity contribution >= 4 is 0 Å². The summed E-state index contributed by atoms with van der Waals surface area (Å²) in [6.45, 7) is 2.53. The number of aliphatic hydroxyl groups is 1. The van der Waals surface area contributed by atoms with Crippen LogP contribution in [0.5, 0.6) is 5.75 Å². The average Bonchev–Trinajstić information content (AvgIpc) is 2.27. The molecule has 0 spiro atoms. The first-order chi connectivity index (χ1) is 8.40. The predicted molar refractivity (Wildman–Crippen MR) is 59.3 cm³/mol. The molecule has 1 atom stereocenters. The number of hydrogen-bond acceptors (Lipinski definition) is 3. The van der Waals surface area contributed by atoms with Crippen molar-refractivity contribution in [3.8, 4) is 5.75 Å². The van der Waals surface area contributed by atoms with Crippen LogP contribution in [0.4, 0.5) is 13.2 Å². The lowest BCUT2D eigenvalue weighted by Gasteiger charge is -2.12. The summed E-state index contributed by atoms with van der Waals surface area (Å²) in [4.78, 5) is 0. The minimum atomic E-state index is -4.68. The van der Waals surface area contributed by atoms with E-state index in [4.69, 9.17) is 4.74 Å². The van der Waals surface area contributed by atoms with Gasteiger partial charge in [0.1, 0.15) is 5.75 Å². The van der Waals surface area contributed by atoms with Crippen LogP contribution in [0.15, 0.2) is 24.3 Å². The molecule has 0 fully saturated rings. The van der Waals surface area contributed by atoms with Crippen LogP contribution in [-0.4, -0.2) is 30.8 Å². The lowest BCUT2D eigenvalue weighted by molar-refractivity contribution is -0.274. The van der Waals surface area contributed by atoms with Crippen molar-refractivity contribution in [2.45, 2.75) is 25.8 Å². The van der Waals surface area contributed by atoms with Crippen molar-refractivity contribution in [1.29, 1.82) is 0 Å². The van der Waals surface area contributed by atoms with Crippen molar-refractivity contribution in [3.05, 3.63) is 29.8 Å². The molecule has 0 bridgehead atoms. The lowest BCUT2D eigenvalue weighted by Crippen LogP contribution is -2.18. The molecule has 0 aliphatic carbocycles. The van der Waals surface area contributed by atoms with E-state index in [9.17, 15) is 18.3 Å². The third-order valence-corrected chi connectivity index (χ3v) is 2.14. The number of rotatable bonds is 6. The van der Waals surface area contributed by atoms with E-state index in [0.29, 0.717) is 13.0 Å². The second-order valence-electron chi connectivity index (χ2n) is 3.71. The highest BCUT2D eigenvalue weighted by atomic mass is 19.4. The molecule has 0 aliphatic heterocycles. The Kier molecular flexibility index (Phi) is 5.43. The number of halogens is 3. The lowest BCUT2D eigenvalue weighted by atomic mass is 10.1. The smallest absolute Gasteiger partial charge is 0.406 e. The van der Waals surface area contributed by atoms with E-state index < -0.39 is 12.5 Å². The van der Waals surface area contributed by atoms with Crippen LogP contribution in [0.1, 0.15) is 12.5 Å².